The van der Waals surface area contributed by atoms with Crippen LogP contribution in [0.1, 0.15) is 41.5 Å². The quantitative estimate of drug-likeness (QED) is 0.0370. The molecular formula is C34H65O22P. The van der Waals surface area contributed by atoms with Crippen molar-refractivity contribution in [2.24, 2.45) is 0 Å². The Morgan fingerprint density at radius 3 is 1.09 bits per heavy atom. The highest BCUT2D eigenvalue weighted by Crippen LogP contribution is 2.54. The number of aliphatic hydroxyl groups is 9. The van der Waals surface area contributed by atoms with Crippen molar-refractivity contribution in [3.8, 4) is 0 Å². The summed E-state index contributed by atoms with van der Waals surface area (Å²) < 4.78 is 72.5. The first-order valence-electron chi connectivity index (χ1n) is 18.8. The van der Waals surface area contributed by atoms with Gasteiger partial charge < -0.3 is 103 Å². The standard InChI is InChI=1S/C34H65O22P/c1-33(2,3)52-13-12-51-32-29(43)26(40)22(36)19(56-32)16-47-8-10-49-30-27(41)24(38)21(35)18(54-30)15-46-7-11-50-31-28(42)25(39)23(37)20(55-31)17-48-9-14-53-57(44,45)34(4,5)6/h18-32,35-43H,7-17H2,1-6H3,(H,44,45). The minimum absolute atomic E-state index is 0.0534. The molecule has 0 aromatic rings. The van der Waals surface area contributed by atoms with E-state index in [-0.39, 0.29) is 72.7 Å². The van der Waals surface area contributed by atoms with Crippen molar-refractivity contribution in [3.05, 3.63) is 0 Å². The van der Waals surface area contributed by atoms with Crippen molar-refractivity contribution in [2.75, 3.05) is 72.7 Å². The highest BCUT2D eigenvalue weighted by atomic mass is 31.2. The topological polar surface area (TPSA) is 321 Å². The molecule has 3 fully saturated rings. The van der Waals surface area contributed by atoms with Gasteiger partial charge in [-0.3, -0.25) is 4.57 Å². The van der Waals surface area contributed by atoms with Crippen LogP contribution in [0, 0.1) is 0 Å². The van der Waals surface area contributed by atoms with Crippen LogP contribution < -0.4 is 0 Å². The molecule has 22 nitrogen and oxygen atoms in total. The SMILES string of the molecule is CC(C)(C)OCCOC1OC(COCCOC2OC(COCCOC3OC(COCCOP(=O)(O)C(C)(C)C)C(O)C(O)C3O)C(O)C(O)C2O)C(O)C(O)C1O. The van der Waals surface area contributed by atoms with Crippen molar-refractivity contribution in [1.29, 1.82) is 0 Å². The van der Waals surface area contributed by atoms with Gasteiger partial charge in [-0.1, -0.05) is 0 Å². The Balaban J connectivity index is 1.36. The first-order valence-corrected chi connectivity index (χ1v) is 20.4. The largest absolute Gasteiger partial charge is 0.387 e. The Labute approximate surface area is 331 Å². The van der Waals surface area contributed by atoms with Crippen LogP contribution in [0.3, 0.4) is 0 Å². The zero-order valence-corrected chi connectivity index (χ0v) is 34.2. The van der Waals surface area contributed by atoms with E-state index >= 15 is 0 Å². The summed E-state index contributed by atoms with van der Waals surface area (Å²) in [5.41, 5.74) is -0.408. The van der Waals surface area contributed by atoms with Crippen molar-refractivity contribution >= 4 is 7.60 Å². The molecule has 16 atom stereocenters. The highest BCUT2D eigenvalue weighted by molar-refractivity contribution is 7.54. The average Bonchev–Trinajstić information content (AvgIpc) is 3.13. The molecule has 3 saturated heterocycles. The molecule has 3 aliphatic rings. The minimum Gasteiger partial charge on any atom is -0.387 e. The molecule has 23 heteroatoms. The van der Waals surface area contributed by atoms with E-state index in [2.05, 4.69) is 0 Å². The predicted octanol–water partition coefficient (Wildman–Crippen LogP) is -3.68. The third-order valence-corrected chi connectivity index (χ3v) is 11.3. The molecule has 16 unspecified atom stereocenters. The van der Waals surface area contributed by atoms with Crippen LogP contribution in [-0.2, 0) is 56.5 Å². The molecule has 0 radical (unpaired) electrons. The summed E-state index contributed by atoms with van der Waals surface area (Å²) in [4.78, 5) is 9.97. The fourth-order valence-corrected chi connectivity index (χ4v) is 6.26. The number of rotatable bonds is 22. The number of hydrogen-bond acceptors (Lipinski definition) is 21. The van der Waals surface area contributed by atoms with Gasteiger partial charge in [-0.15, -0.1) is 0 Å². The van der Waals surface area contributed by atoms with Gasteiger partial charge in [0.15, 0.2) is 18.9 Å². The van der Waals surface area contributed by atoms with Gasteiger partial charge >= 0.3 is 7.60 Å². The second-order valence-electron chi connectivity index (χ2n) is 15.9. The first kappa shape index (κ1) is 50.7. The maximum atomic E-state index is 12.2. The van der Waals surface area contributed by atoms with E-state index in [1.54, 1.807) is 20.8 Å². The molecule has 3 aliphatic heterocycles. The molecule has 0 aliphatic carbocycles. The van der Waals surface area contributed by atoms with Gasteiger partial charge in [0.2, 0.25) is 0 Å². The van der Waals surface area contributed by atoms with Crippen LogP contribution in [-0.4, -0.2) is 226 Å². The fourth-order valence-electron chi connectivity index (χ4n) is 5.55. The van der Waals surface area contributed by atoms with Crippen molar-refractivity contribution in [1.82, 2.24) is 0 Å². The Kier molecular flexibility index (Phi) is 20.5. The molecule has 0 amide bonds. The van der Waals surface area contributed by atoms with Crippen LogP contribution in [0.25, 0.3) is 0 Å². The molecule has 0 bridgehead atoms. The molecule has 3 heterocycles. The van der Waals surface area contributed by atoms with E-state index in [0.29, 0.717) is 0 Å². The monoisotopic (exact) mass is 856 g/mol. The van der Waals surface area contributed by atoms with Crippen LogP contribution in [0.15, 0.2) is 0 Å². The summed E-state index contributed by atoms with van der Waals surface area (Å²) in [7, 11) is -3.90. The lowest BCUT2D eigenvalue weighted by atomic mass is 9.99. The van der Waals surface area contributed by atoms with Crippen LogP contribution in [0.2, 0.25) is 0 Å². The lowest BCUT2D eigenvalue weighted by Gasteiger charge is -2.40. The van der Waals surface area contributed by atoms with Crippen molar-refractivity contribution < 1.29 is 107 Å². The van der Waals surface area contributed by atoms with E-state index < -0.39 is 110 Å². The summed E-state index contributed by atoms with van der Waals surface area (Å²) in [5.74, 6) is 0. The van der Waals surface area contributed by atoms with Gasteiger partial charge in [-0.25, -0.2) is 0 Å². The van der Waals surface area contributed by atoms with E-state index in [1.807, 2.05) is 20.8 Å². The van der Waals surface area contributed by atoms with Crippen LogP contribution >= 0.6 is 7.60 Å². The molecule has 0 aromatic carbocycles. The summed E-state index contributed by atoms with van der Waals surface area (Å²) >= 11 is 0. The van der Waals surface area contributed by atoms with Gasteiger partial charge in [0, 0.05) is 0 Å². The number of ether oxygens (including phenoxy) is 10. The first-order chi connectivity index (χ1) is 26.6. The van der Waals surface area contributed by atoms with E-state index in [9.17, 15) is 55.4 Å². The molecule has 0 saturated carbocycles. The molecule has 0 aromatic heterocycles. The van der Waals surface area contributed by atoms with Crippen molar-refractivity contribution in [2.45, 2.75) is 144 Å². The number of aliphatic hydroxyl groups excluding tert-OH is 9. The zero-order chi connectivity index (χ0) is 42.7. The van der Waals surface area contributed by atoms with E-state index in [1.165, 1.54) is 0 Å². The molecular weight excluding hydrogens is 791 g/mol. The molecule has 3 rings (SSSR count). The lowest BCUT2D eigenvalue weighted by molar-refractivity contribution is -0.312. The molecule has 10 N–H and O–H groups in total. The van der Waals surface area contributed by atoms with Crippen LogP contribution in [0.5, 0.6) is 0 Å². The van der Waals surface area contributed by atoms with Gasteiger partial charge in [-0.2, -0.15) is 0 Å². The second-order valence-corrected chi connectivity index (χ2v) is 18.5. The Morgan fingerprint density at radius 2 is 0.772 bits per heavy atom. The molecule has 338 valence electrons. The number of hydrogen-bond donors (Lipinski definition) is 10. The van der Waals surface area contributed by atoms with E-state index in [0.717, 1.165) is 0 Å². The third-order valence-electron chi connectivity index (χ3n) is 9.11. The minimum atomic E-state index is -3.90. The lowest BCUT2D eigenvalue weighted by Crippen LogP contribution is -2.60. The van der Waals surface area contributed by atoms with Gasteiger partial charge in [0.05, 0.1) is 83.4 Å². The summed E-state index contributed by atoms with van der Waals surface area (Å²) in [6, 6.07) is 0. The predicted molar refractivity (Wildman–Crippen MR) is 192 cm³/mol. The Morgan fingerprint density at radius 1 is 0.456 bits per heavy atom. The smallest absolute Gasteiger partial charge is 0.333 e. The summed E-state index contributed by atoms with van der Waals surface area (Å²) in [5, 5.41) is 92.2. The molecule has 57 heavy (non-hydrogen) atoms. The average molecular weight is 857 g/mol. The van der Waals surface area contributed by atoms with Gasteiger partial charge in [0.25, 0.3) is 0 Å². The zero-order valence-electron chi connectivity index (χ0n) is 33.3. The highest BCUT2D eigenvalue weighted by Gasteiger charge is 2.47. The van der Waals surface area contributed by atoms with Gasteiger partial charge in [-0.05, 0) is 41.5 Å². The Hall–Kier alpha value is -0.610. The van der Waals surface area contributed by atoms with Crippen LogP contribution in [0.4, 0.5) is 0 Å². The van der Waals surface area contributed by atoms with Gasteiger partial charge in [0.1, 0.15) is 73.2 Å². The molecule has 0 spiro atoms. The maximum absolute atomic E-state index is 12.2. The maximum Gasteiger partial charge on any atom is 0.333 e. The summed E-state index contributed by atoms with van der Waals surface area (Å²) in [6.45, 7) is 8.69. The summed E-state index contributed by atoms with van der Waals surface area (Å²) in [6.07, 6.45) is -21.7. The third kappa shape index (κ3) is 15.4. The van der Waals surface area contributed by atoms with Crippen molar-refractivity contribution in [3.63, 3.8) is 0 Å². The van der Waals surface area contributed by atoms with E-state index in [4.69, 9.17) is 51.9 Å². The Bertz CT molecular complexity index is 1190. The second kappa shape index (κ2) is 23.0. The normalized spacial score (nSPS) is 37.9. The fraction of sp³-hybridized carbons (Fsp3) is 1.00.